The fourth-order valence-electron chi connectivity index (χ4n) is 4.28. The molecule has 3 heteroatoms. The zero-order valence-corrected chi connectivity index (χ0v) is 12.8. The van der Waals surface area contributed by atoms with Crippen molar-refractivity contribution in [2.45, 2.75) is 63.0 Å². The molecule has 1 aromatic rings. The molecule has 1 heterocycles. The summed E-state index contributed by atoms with van der Waals surface area (Å²) in [6.07, 6.45) is 8.86. The third-order valence-electron chi connectivity index (χ3n) is 5.42. The quantitative estimate of drug-likeness (QED) is 0.895. The fraction of sp³-hybridized carbons (Fsp3) is 0.667. The highest BCUT2D eigenvalue weighted by molar-refractivity contribution is 5.28. The molecule has 0 aromatic heterocycles. The van der Waals surface area contributed by atoms with Gasteiger partial charge in [0.05, 0.1) is 6.10 Å². The van der Waals surface area contributed by atoms with Crippen LogP contribution in [0.4, 0.5) is 0 Å². The van der Waals surface area contributed by atoms with E-state index in [1.54, 1.807) is 12.1 Å². The van der Waals surface area contributed by atoms with E-state index in [9.17, 15) is 10.2 Å². The van der Waals surface area contributed by atoms with Crippen molar-refractivity contribution in [2.24, 2.45) is 0 Å². The molecule has 3 nitrogen and oxygen atoms in total. The number of phenols is 1. The van der Waals surface area contributed by atoms with Crippen molar-refractivity contribution >= 4 is 0 Å². The summed E-state index contributed by atoms with van der Waals surface area (Å²) in [5.74, 6) is 0.290. The Bertz CT molecular complexity index is 462. The largest absolute Gasteiger partial charge is 0.508 e. The normalized spacial score (nSPS) is 24.0. The van der Waals surface area contributed by atoms with Crippen LogP contribution in [0.2, 0.25) is 0 Å². The first kappa shape index (κ1) is 14.9. The van der Waals surface area contributed by atoms with Gasteiger partial charge in [0.15, 0.2) is 0 Å². The molecule has 0 radical (unpaired) electrons. The summed E-state index contributed by atoms with van der Waals surface area (Å²) in [7, 11) is 0. The lowest BCUT2D eigenvalue weighted by atomic mass is 9.83. The Balaban J connectivity index is 1.76. The Morgan fingerprint density at radius 2 is 1.76 bits per heavy atom. The molecule has 21 heavy (non-hydrogen) atoms. The molecule has 1 saturated carbocycles. The SMILES string of the molecule is Oc1cccc(CC(O)C2(N3CCCCC3)CCCC2)c1. The average molecular weight is 289 g/mol. The van der Waals surface area contributed by atoms with Crippen LogP contribution >= 0.6 is 0 Å². The van der Waals surface area contributed by atoms with E-state index >= 15 is 0 Å². The summed E-state index contributed by atoms with van der Waals surface area (Å²) < 4.78 is 0. The lowest BCUT2D eigenvalue weighted by molar-refractivity contribution is -0.0380. The topological polar surface area (TPSA) is 43.7 Å². The van der Waals surface area contributed by atoms with Crippen molar-refractivity contribution in [1.82, 2.24) is 4.90 Å². The van der Waals surface area contributed by atoms with Gasteiger partial charge in [0.25, 0.3) is 0 Å². The van der Waals surface area contributed by atoms with Gasteiger partial charge in [-0.05, 0) is 56.5 Å². The summed E-state index contributed by atoms with van der Waals surface area (Å²) in [5.41, 5.74) is 1.01. The molecule has 2 N–H and O–H groups in total. The van der Waals surface area contributed by atoms with E-state index in [0.717, 1.165) is 31.5 Å². The minimum absolute atomic E-state index is 0.0219. The van der Waals surface area contributed by atoms with Crippen LogP contribution in [0, 0.1) is 0 Å². The predicted molar refractivity (Wildman–Crippen MR) is 84.4 cm³/mol. The minimum atomic E-state index is -0.333. The zero-order valence-electron chi connectivity index (χ0n) is 12.8. The Morgan fingerprint density at radius 1 is 1.05 bits per heavy atom. The van der Waals surface area contributed by atoms with Crippen molar-refractivity contribution in [2.75, 3.05) is 13.1 Å². The average Bonchev–Trinajstić information content (AvgIpc) is 2.99. The third kappa shape index (κ3) is 3.09. The molecule has 0 bridgehead atoms. The standard InChI is InChI=1S/C18H27NO2/c20-16-8-6-7-15(13-16)14-17(21)18(9-2-3-10-18)19-11-4-1-5-12-19/h6-8,13,17,20-21H,1-5,9-12,14H2. The van der Waals surface area contributed by atoms with Gasteiger partial charge in [-0.1, -0.05) is 31.4 Å². The van der Waals surface area contributed by atoms with E-state index in [2.05, 4.69) is 4.90 Å². The van der Waals surface area contributed by atoms with Crippen LogP contribution in [0.25, 0.3) is 0 Å². The molecule has 0 spiro atoms. The van der Waals surface area contributed by atoms with Crippen LogP contribution in [0.3, 0.4) is 0 Å². The predicted octanol–water partition coefficient (Wildman–Crippen LogP) is 3.09. The summed E-state index contributed by atoms with van der Waals surface area (Å²) in [5, 5.41) is 20.6. The highest BCUT2D eigenvalue weighted by Gasteiger charge is 2.45. The molecule has 1 atom stereocenters. The number of aromatic hydroxyl groups is 1. The van der Waals surface area contributed by atoms with Crippen molar-refractivity contribution in [3.05, 3.63) is 29.8 Å². The molecule has 3 rings (SSSR count). The van der Waals surface area contributed by atoms with Gasteiger partial charge >= 0.3 is 0 Å². The van der Waals surface area contributed by atoms with Crippen molar-refractivity contribution in [1.29, 1.82) is 0 Å². The molecule has 0 amide bonds. The summed E-state index contributed by atoms with van der Waals surface area (Å²) in [6, 6.07) is 7.33. The summed E-state index contributed by atoms with van der Waals surface area (Å²) in [6.45, 7) is 2.27. The van der Waals surface area contributed by atoms with Gasteiger partial charge in [-0.3, -0.25) is 4.90 Å². The van der Waals surface area contributed by atoms with Gasteiger partial charge in [-0.2, -0.15) is 0 Å². The Hall–Kier alpha value is -1.06. The smallest absolute Gasteiger partial charge is 0.115 e. The lowest BCUT2D eigenvalue weighted by Gasteiger charge is -2.46. The van der Waals surface area contributed by atoms with E-state index in [1.165, 1.54) is 32.1 Å². The van der Waals surface area contributed by atoms with Crippen molar-refractivity contribution < 1.29 is 10.2 Å². The molecule has 1 unspecified atom stereocenters. The number of hydrogen-bond acceptors (Lipinski definition) is 3. The molecule has 2 aliphatic rings. The number of phenolic OH excluding ortho intramolecular Hbond substituents is 1. The van der Waals surface area contributed by atoms with Gasteiger partial charge < -0.3 is 10.2 Å². The van der Waals surface area contributed by atoms with Gasteiger partial charge in [0.1, 0.15) is 5.75 Å². The number of aliphatic hydroxyl groups excluding tert-OH is 1. The second kappa shape index (κ2) is 6.37. The number of piperidine rings is 1. The Kier molecular flexibility index (Phi) is 4.51. The molecule has 1 aromatic carbocycles. The molecule has 1 saturated heterocycles. The van der Waals surface area contributed by atoms with Crippen LogP contribution < -0.4 is 0 Å². The first-order chi connectivity index (χ1) is 10.2. The van der Waals surface area contributed by atoms with Crippen LogP contribution in [-0.4, -0.2) is 39.8 Å². The van der Waals surface area contributed by atoms with E-state index in [4.69, 9.17) is 0 Å². The van der Waals surface area contributed by atoms with Gasteiger partial charge in [-0.15, -0.1) is 0 Å². The van der Waals surface area contributed by atoms with Gasteiger partial charge in [0, 0.05) is 12.0 Å². The summed E-state index contributed by atoms with van der Waals surface area (Å²) in [4.78, 5) is 2.57. The van der Waals surface area contributed by atoms with E-state index < -0.39 is 0 Å². The van der Waals surface area contributed by atoms with Crippen molar-refractivity contribution in [3.63, 3.8) is 0 Å². The number of aliphatic hydroxyl groups is 1. The Labute approximate surface area is 127 Å². The zero-order chi connectivity index (χ0) is 14.7. The van der Waals surface area contributed by atoms with E-state index in [0.29, 0.717) is 6.42 Å². The number of hydrogen-bond donors (Lipinski definition) is 2. The maximum absolute atomic E-state index is 11.0. The van der Waals surface area contributed by atoms with E-state index in [1.807, 2.05) is 12.1 Å². The number of nitrogens with zero attached hydrogens (tertiary/aromatic N) is 1. The van der Waals surface area contributed by atoms with Crippen LogP contribution in [-0.2, 0) is 6.42 Å². The van der Waals surface area contributed by atoms with Gasteiger partial charge in [0.2, 0.25) is 0 Å². The monoisotopic (exact) mass is 289 g/mol. The fourth-order valence-corrected chi connectivity index (χ4v) is 4.28. The molecule has 1 aliphatic carbocycles. The third-order valence-corrected chi connectivity index (χ3v) is 5.42. The molecule has 1 aliphatic heterocycles. The molecular formula is C18H27NO2. The maximum atomic E-state index is 11.0. The highest BCUT2D eigenvalue weighted by atomic mass is 16.3. The second-order valence-corrected chi connectivity index (χ2v) is 6.75. The number of rotatable bonds is 4. The van der Waals surface area contributed by atoms with Crippen LogP contribution in [0.15, 0.2) is 24.3 Å². The first-order valence-corrected chi connectivity index (χ1v) is 8.42. The molecule has 116 valence electrons. The number of benzene rings is 1. The molecular weight excluding hydrogens is 262 g/mol. The number of likely N-dealkylation sites (tertiary alicyclic amines) is 1. The minimum Gasteiger partial charge on any atom is -0.508 e. The summed E-state index contributed by atoms with van der Waals surface area (Å²) >= 11 is 0. The lowest BCUT2D eigenvalue weighted by Crippen LogP contribution is -2.57. The Morgan fingerprint density at radius 3 is 2.43 bits per heavy atom. The van der Waals surface area contributed by atoms with Crippen LogP contribution in [0.5, 0.6) is 5.75 Å². The second-order valence-electron chi connectivity index (χ2n) is 6.75. The van der Waals surface area contributed by atoms with Gasteiger partial charge in [-0.25, -0.2) is 0 Å². The van der Waals surface area contributed by atoms with E-state index in [-0.39, 0.29) is 17.4 Å². The highest BCUT2D eigenvalue weighted by Crippen LogP contribution is 2.40. The first-order valence-electron chi connectivity index (χ1n) is 8.42. The molecule has 2 fully saturated rings. The van der Waals surface area contributed by atoms with Crippen LogP contribution in [0.1, 0.15) is 50.5 Å². The maximum Gasteiger partial charge on any atom is 0.115 e. The van der Waals surface area contributed by atoms with Crippen molar-refractivity contribution in [3.8, 4) is 5.75 Å².